The van der Waals surface area contributed by atoms with Crippen LogP contribution < -0.4 is 5.32 Å². The molecule has 2 aliphatic rings. The predicted molar refractivity (Wildman–Crippen MR) is 93.9 cm³/mol. The third-order valence-electron chi connectivity index (χ3n) is 4.99. The molecule has 3 rings (SSSR count). The molecule has 1 aliphatic heterocycles. The summed E-state index contributed by atoms with van der Waals surface area (Å²) < 4.78 is 11.6. The number of nitrogens with one attached hydrogen (secondary N) is 1. The molecule has 1 aromatic carbocycles. The van der Waals surface area contributed by atoms with Crippen molar-refractivity contribution in [3.63, 3.8) is 0 Å². The summed E-state index contributed by atoms with van der Waals surface area (Å²) in [7, 11) is 0. The number of amides is 1. The van der Waals surface area contributed by atoms with Gasteiger partial charge in [-0.05, 0) is 56.1 Å². The third-order valence-corrected chi connectivity index (χ3v) is 4.99. The Hall–Kier alpha value is -1.39. The fraction of sp³-hybridized carbons (Fsp3) is 0.650. The van der Waals surface area contributed by atoms with E-state index in [-0.39, 0.29) is 12.0 Å². The summed E-state index contributed by atoms with van der Waals surface area (Å²) >= 11 is 0. The molecule has 1 N–H and O–H groups in total. The summed E-state index contributed by atoms with van der Waals surface area (Å²) in [6.45, 7) is 2.25. The minimum absolute atomic E-state index is 0.133. The maximum absolute atomic E-state index is 11.8. The van der Waals surface area contributed by atoms with Crippen LogP contribution in [0.2, 0.25) is 0 Å². The Balaban J connectivity index is 1.28. The maximum Gasteiger partial charge on any atom is 0.220 e. The molecule has 1 amide bonds. The van der Waals surface area contributed by atoms with Gasteiger partial charge < -0.3 is 14.8 Å². The fourth-order valence-electron chi connectivity index (χ4n) is 3.66. The van der Waals surface area contributed by atoms with Gasteiger partial charge >= 0.3 is 0 Å². The summed E-state index contributed by atoms with van der Waals surface area (Å²) in [6.07, 6.45) is 8.50. The van der Waals surface area contributed by atoms with E-state index in [1.54, 1.807) is 0 Å². The van der Waals surface area contributed by atoms with E-state index in [4.69, 9.17) is 9.47 Å². The smallest absolute Gasteiger partial charge is 0.220 e. The normalized spacial score (nSPS) is 23.0. The van der Waals surface area contributed by atoms with E-state index >= 15 is 0 Å². The lowest BCUT2D eigenvalue weighted by Gasteiger charge is -2.25. The molecule has 1 fully saturated rings. The molecule has 24 heavy (non-hydrogen) atoms. The van der Waals surface area contributed by atoms with Crippen molar-refractivity contribution in [1.29, 1.82) is 0 Å². The first-order valence-electron chi connectivity index (χ1n) is 9.40. The second-order valence-electron chi connectivity index (χ2n) is 6.83. The molecule has 1 heterocycles. The molecule has 2 unspecified atom stereocenters. The van der Waals surface area contributed by atoms with Crippen molar-refractivity contribution >= 4 is 5.91 Å². The number of aryl methyl sites for hydroxylation is 1. The molecular formula is C20H29NO3. The van der Waals surface area contributed by atoms with Crippen LogP contribution in [0, 0.1) is 0 Å². The van der Waals surface area contributed by atoms with Gasteiger partial charge in [-0.25, -0.2) is 0 Å². The summed E-state index contributed by atoms with van der Waals surface area (Å²) in [5.74, 6) is 0.133. The number of hydrogen-bond acceptors (Lipinski definition) is 3. The van der Waals surface area contributed by atoms with Gasteiger partial charge in [0.15, 0.2) is 0 Å². The van der Waals surface area contributed by atoms with E-state index < -0.39 is 0 Å². The first-order chi connectivity index (χ1) is 11.8. The number of carbonyl (C=O) groups excluding carboxylic acids is 1. The van der Waals surface area contributed by atoms with Gasteiger partial charge in [-0.2, -0.15) is 0 Å². The van der Waals surface area contributed by atoms with Crippen LogP contribution >= 0.6 is 0 Å². The molecule has 0 radical (unpaired) electrons. The second kappa shape index (κ2) is 9.19. The predicted octanol–water partition coefficient (Wildman–Crippen LogP) is 3.55. The largest absolute Gasteiger partial charge is 0.378 e. The highest BCUT2D eigenvalue weighted by Gasteiger charge is 2.20. The van der Waals surface area contributed by atoms with E-state index in [1.165, 1.54) is 17.5 Å². The monoisotopic (exact) mass is 331 g/mol. The summed E-state index contributed by atoms with van der Waals surface area (Å²) in [6, 6.07) is 8.59. The number of hydrogen-bond donors (Lipinski definition) is 1. The maximum atomic E-state index is 11.8. The Morgan fingerprint density at radius 3 is 3.04 bits per heavy atom. The summed E-state index contributed by atoms with van der Waals surface area (Å²) in [5.41, 5.74) is 2.78. The zero-order valence-corrected chi connectivity index (χ0v) is 14.5. The van der Waals surface area contributed by atoms with Gasteiger partial charge in [0.2, 0.25) is 5.91 Å². The van der Waals surface area contributed by atoms with E-state index in [0.717, 1.165) is 45.1 Å². The average molecular weight is 331 g/mol. The van der Waals surface area contributed by atoms with Crippen LogP contribution in [0.4, 0.5) is 0 Å². The van der Waals surface area contributed by atoms with Gasteiger partial charge in [-0.1, -0.05) is 24.3 Å². The van der Waals surface area contributed by atoms with Crippen molar-refractivity contribution < 1.29 is 14.3 Å². The zero-order chi connectivity index (χ0) is 16.6. The van der Waals surface area contributed by atoms with Crippen LogP contribution in [-0.2, 0) is 20.7 Å². The van der Waals surface area contributed by atoms with Crippen molar-refractivity contribution in [2.24, 2.45) is 0 Å². The van der Waals surface area contributed by atoms with Gasteiger partial charge in [-0.3, -0.25) is 4.79 Å². The van der Waals surface area contributed by atoms with Crippen molar-refractivity contribution in [2.75, 3.05) is 19.8 Å². The number of ether oxygens (including phenoxy) is 2. The molecule has 1 aromatic rings. The number of fused-ring (bicyclic) bond motifs is 1. The molecule has 1 saturated heterocycles. The Kier molecular flexibility index (Phi) is 6.67. The number of rotatable bonds is 8. The van der Waals surface area contributed by atoms with Gasteiger partial charge in [0.05, 0.1) is 12.2 Å². The van der Waals surface area contributed by atoms with Crippen LogP contribution in [0.1, 0.15) is 62.2 Å². The molecule has 0 saturated carbocycles. The van der Waals surface area contributed by atoms with Gasteiger partial charge in [0.25, 0.3) is 0 Å². The number of benzene rings is 1. The third kappa shape index (κ3) is 5.05. The Morgan fingerprint density at radius 2 is 2.17 bits per heavy atom. The minimum atomic E-state index is 0.133. The molecule has 4 heteroatoms. The van der Waals surface area contributed by atoms with Crippen LogP contribution in [-0.4, -0.2) is 31.8 Å². The van der Waals surface area contributed by atoms with Gasteiger partial charge in [0, 0.05) is 26.2 Å². The summed E-state index contributed by atoms with van der Waals surface area (Å²) in [5, 5.41) is 2.99. The molecule has 132 valence electrons. The van der Waals surface area contributed by atoms with E-state index in [0.29, 0.717) is 25.7 Å². The Morgan fingerprint density at radius 1 is 1.25 bits per heavy atom. The quantitative estimate of drug-likeness (QED) is 0.741. The standard InChI is InChI=1S/C20H29NO3/c22-20(12-11-17-8-4-14-23-17)21-13-5-15-24-19-10-3-7-16-6-1-2-9-18(16)19/h1-2,6,9,17,19H,3-5,7-8,10-15H2,(H,21,22). The van der Waals surface area contributed by atoms with Gasteiger partial charge in [0.1, 0.15) is 0 Å². The first-order valence-corrected chi connectivity index (χ1v) is 9.40. The summed E-state index contributed by atoms with van der Waals surface area (Å²) in [4.78, 5) is 11.8. The SMILES string of the molecule is O=C(CCC1CCCO1)NCCCOC1CCCc2ccccc21. The highest BCUT2D eigenvalue weighted by Crippen LogP contribution is 2.32. The van der Waals surface area contributed by atoms with E-state index in [1.807, 2.05) is 0 Å². The second-order valence-corrected chi connectivity index (χ2v) is 6.83. The molecule has 0 spiro atoms. The van der Waals surface area contributed by atoms with Crippen molar-refractivity contribution in [1.82, 2.24) is 5.32 Å². The van der Waals surface area contributed by atoms with Crippen LogP contribution in [0.25, 0.3) is 0 Å². The highest BCUT2D eigenvalue weighted by molar-refractivity contribution is 5.75. The van der Waals surface area contributed by atoms with Crippen molar-refractivity contribution in [3.8, 4) is 0 Å². The van der Waals surface area contributed by atoms with Crippen LogP contribution in [0.3, 0.4) is 0 Å². The molecule has 0 aromatic heterocycles. The lowest BCUT2D eigenvalue weighted by molar-refractivity contribution is -0.121. The molecule has 2 atom stereocenters. The first kappa shape index (κ1) is 17.4. The van der Waals surface area contributed by atoms with Crippen LogP contribution in [0.15, 0.2) is 24.3 Å². The fourth-order valence-corrected chi connectivity index (χ4v) is 3.66. The molecular weight excluding hydrogens is 302 g/mol. The van der Waals surface area contributed by atoms with Crippen LogP contribution in [0.5, 0.6) is 0 Å². The lowest BCUT2D eigenvalue weighted by Crippen LogP contribution is -2.26. The van der Waals surface area contributed by atoms with Crippen molar-refractivity contribution in [2.45, 2.75) is 63.6 Å². The van der Waals surface area contributed by atoms with Gasteiger partial charge in [-0.15, -0.1) is 0 Å². The van der Waals surface area contributed by atoms with E-state index in [9.17, 15) is 4.79 Å². The van der Waals surface area contributed by atoms with E-state index in [2.05, 4.69) is 29.6 Å². The number of carbonyl (C=O) groups is 1. The molecule has 4 nitrogen and oxygen atoms in total. The highest BCUT2D eigenvalue weighted by atomic mass is 16.5. The zero-order valence-electron chi connectivity index (χ0n) is 14.5. The topological polar surface area (TPSA) is 47.6 Å². The average Bonchev–Trinajstić information content (AvgIpc) is 3.13. The molecule has 0 bridgehead atoms. The lowest BCUT2D eigenvalue weighted by atomic mass is 9.89. The van der Waals surface area contributed by atoms with Crippen molar-refractivity contribution in [3.05, 3.63) is 35.4 Å². The molecule has 1 aliphatic carbocycles. The Labute approximate surface area is 144 Å². The Bertz CT molecular complexity index is 525. The minimum Gasteiger partial charge on any atom is -0.378 e.